The van der Waals surface area contributed by atoms with Gasteiger partial charge in [-0.2, -0.15) is 0 Å². The average molecular weight is 522 g/mol. The maximum Gasteiger partial charge on any atom is 0.243 e. The number of methoxy groups -OCH3 is 1. The molecule has 1 aromatic carbocycles. The van der Waals surface area contributed by atoms with Gasteiger partial charge in [0.2, 0.25) is 5.91 Å². The first-order valence-corrected chi connectivity index (χ1v) is 9.57. The van der Waals surface area contributed by atoms with Crippen molar-refractivity contribution < 1.29 is 19.0 Å². The van der Waals surface area contributed by atoms with Gasteiger partial charge in [-0.3, -0.25) is 4.79 Å². The van der Waals surface area contributed by atoms with Gasteiger partial charge in [0.1, 0.15) is 24.1 Å². The molecule has 0 bridgehead atoms. The molecule has 0 aliphatic heterocycles. The molecule has 1 unspecified atom stereocenters. The van der Waals surface area contributed by atoms with Crippen molar-refractivity contribution in [3.8, 4) is 11.5 Å². The molecular weight excluding hydrogens is 487 g/mol. The van der Waals surface area contributed by atoms with Crippen molar-refractivity contribution >= 4 is 35.8 Å². The molecule has 0 aliphatic rings. The molecule has 0 fully saturated rings. The third kappa shape index (κ3) is 12.4. The van der Waals surface area contributed by atoms with E-state index in [9.17, 15) is 4.79 Å². The van der Waals surface area contributed by atoms with E-state index in [0.29, 0.717) is 32.3 Å². The molecule has 0 spiro atoms. The first-order chi connectivity index (χ1) is 13.5. The Balaban J connectivity index is 0.00000784. The molecule has 9 heteroatoms. The molecule has 0 aliphatic carbocycles. The van der Waals surface area contributed by atoms with E-state index in [-0.39, 0.29) is 42.5 Å². The van der Waals surface area contributed by atoms with E-state index in [4.69, 9.17) is 14.2 Å². The van der Waals surface area contributed by atoms with Crippen LogP contribution in [0, 0.1) is 0 Å². The van der Waals surface area contributed by atoms with Crippen molar-refractivity contribution in [2.24, 2.45) is 4.99 Å². The van der Waals surface area contributed by atoms with Crippen molar-refractivity contribution in [2.75, 3.05) is 54.1 Å². The number of carbonyl (C=O) groups excluding carboxylic acids is 1. The Morgan fingerprint density at radius 3 is 2.62 bits per heavy atom. The highest BCUT2D eigenvalue weighted by Crippen LogP contribution is 2.19. The van der Waals surface area contributed by atoms with Crippen LogP contribution in [0.2, 0.25) is 0 Å². The highest BCUT2D eigenvalue weighted by atomic mass is 127. The lowest BCUT2D eigenvalue weighted by Gasteiger charge is -2.18. The van der Waals surface area contributed by atoms with Crippen LogP contribution in [0.15, 0.2) is 29.3 Å². The van der Waals surface area contributed by atoms with Crippen LogP contribution in [-0.4, -0.2) is 76.9 Å². The summed E-state index contributed by atoms with van der Waals surface area (Å²) in [7, 11) is 5.05. The number of likely N-dealkylation sites (N-methyl/N-ethyl adjacent to an activating group) is 1. The monoisotopic (exact) mass is 522 g/mol. The van der Waals surface area contributed by atoms with Crippen LogP contribution in [-0.2, 0) is 9.53 Å². The number of nitrogens with one attached hydrogen (secondary N) is 2. The fraction of sp³-hybridized carbons (Fsp3) is 0.600. The molecule has 29 heavy (non-hydrogen) atoms. The summed E-state index contributed by atoms with van der Waals surface area (Å²) in [5.41, 5.74) is 0. The molecule has 8 nitrogen and oxygen atoms in total. The Morgan fingerprint density at radius 2 is 1.97 bits per heavy atom. The number of hydrogen-bond acceptors (Lipinski definition) is 5. The lowest BCUT2D eigenvalue weighted by molar-refractivity contribution is -0.127. The van der Waals surface area contributed by atoms with E-state index in [0.717, 1.165) is 17.9 Å². The molecule has 0 aromatic heterocycles. The summed E-state index contributed by atoms with van der Waals surface area (Å²) >= 11 is 0. The van der Waals surface area contributed by atoms with E-state index >= 15 is 0 Å². The molecule has 0 saturated heterocycles. The van der Waals surface area contributed by atoms with Gasteiger partial charge in [0.25, 0.3) is 0 Å². The first-order valence-electron chi connectivity index (χ1n) is 9.57. The first kappa shape index (κ1) is 27.2. The number of benzene rings is 1. The second-order valence-corrected chi connectivity index (χ2v) is 6.42. The minimum Gasteiger partial charge on any atom is -0.497 e. The van der Waals surface area contributed by atoms with E-state index in [1.807, 2.05) is 38.1 Å². The Hall–Kier alpha value is -1.75. The Kier molecular flexibility index (Phi) is 15.1. The van der Waals surface area contributed by atoms with Gasteiger partial charge in [0.15, 0.2) is 5.96 Å². The predicted molar refractivity (Wildman–Crippen MR) is 127 cm³/mol. The number of hydrogen-bond donors (Lipinski definition) is 2. The maximum atomic E-state index is 11.8. The molecular formula is C20H35IN4O4. The molecule has 0 radical (unpaired) electrons. The van der Waals surface area contributed by atoms with E-state index in [1.165, 1.54) is 4.90 Å². The van der Waals surface area contributed by atoms with Gasteiger partial charge in [-0.15, -0.1) is 24.0 Å². The number of rotatable bonds is 12. The van der Waals surface area contributed by atoms with Gasteiger partial charge >= 0.3 is 0 Å². The van der Waals surface area contributed by atoms with Crippen LogP contribution in [0.1, 0.15) is 20.3 Å². The van der Waals surface area contributed by atoms with Crippen molar-refractivity contribution in [3.05, 3.63) is 24.3 Å². The van der Waals surface area contributed by atoms with Gasteiger partial charge in [-0.1, -0.05) is 6.07 Å². The third-order valence-electron chi connectivity index (χ3n) is 3.77. The van der Waals surface area contributed by atoms with Crippen molar-refractivity contribution in [1.29, 1.82) is 0 Å². The average Bonchev–Trinajstić information content (AvgIpc) is 2.68. The van der Waals surface area contributed by atoms with Gasteiger partial charge < -0.3 is 29.7 Å². The zero-order valence-electron chi connectivity index (χ0n) is 18.1. The molecule has 0 saturated carbocycles. The lowest BCUT2D eigenvalue weighted by Crippen LogP contribution is -2.43. The van der Waals surface area contributed by atoms with Crippen molar-refractivity contribution in [1.82, 2.24) is 15.5 Å². The molecule has 166 valence electrons. The summed E-state index contributed by atoms with van der Waals surface area (Å²) in [5, 5.41) is 6.45. The third-order valence-corrected chi connectivity index (χ3v) is 3.77. The van der Waals surface area contributed by atoms with Crippen LogP contribution < -0.4 is 20.1 Å². The molecule has 0 heterocycles. The van der Waals surface area contributed by atoms with Gasteiger partial charge in [0.05, 0.1) is 13.7 Å². The zero-order chi connectivity index (χ0) is 20.8. The summed E-state index contributed by atoms with van der Waals surface area (Å²) in [4.78, 5) is 17.7. The largest absolute Gasteiger partial charge is 0.497 e. The number of ether oxygens (including phenoxy) is 3. The minimum absolute atomic E-state index is 0. The highest BCUT2D eigenvalue weighted by Gasteiger charge is 2.08. The normalized spacial score (nSPS) is 11.8. The van der Waals surface area contributed by atoms with E-state index in [1.54, 1.807) is 21.2 Å². The number of halogens is 1. The summed E-state index contributed by atoms with van der Waals surface area (Å²) in [6.45, 7) is 6.64. The van der Waals surface area contributed by atoms with Crippen molar-refractivity contribution in [3.63, 3.8) is 0 Å². The minimum atomic E-state index is -0.105. The van der Waals surface area contributed by atoms with Crippen LogP contribution in [0.5, 0.6) is 11.5 Å². The van der Waals surface area contributed by atoms with Crippen LogP contribution in [0.25, 0.3) is 0 Å². The second kappa shape index (κ2) is 16.1. The standard InChI is InChI=1S/C20H34N4O4.HI/c1-6-27-12-8-11-21-20(23-15-19(25)24(3)4)22-14-16(2)28-18-10-7-9-17(13-18)26-5;/h7,9-10,13,16H,6,8,11-12,14-15H2,1-5H3,(H2,21,22,23);1H. The van der Waals surface area contributed by atoms with Crippen LogP contribution in [0.4, 0.5) is 0 Å². The fourth-order valence-electron chi connectivity index (χ4n) is 2.18. The van der Waals surface area contributed by atoms with Crippen LogP contribution in [0.3, 0.4) is 0 Å². The summed E-state index contributed by atoms with van der Waals surface area (Å²) in [6, 6.07) is 7.48. The number of nitrogens with zero attached hydrogens (tertiary/aromatic N) is 2. The topological polar surface area (TPSA) is 84.4 Å². The molecule has 1 amide bonds. The molecule has 2 N–H and O–H groups in total. The number of aliphatic imine (C=N–C) groups is 1. The molecule has 1 atom stereocenters. The maximum absolute atomic E-state index is 11.8. The molecule has 1 rings (SSSR count). The number of carbonyl (C=O) groups is 1. The number of amides is 1. The smallest absolute Gasteiger partial charge is 0.243 e. The lowest BCUT2D eigenvalue weighted by atomic mass is 10.3. The van der Waals surface area contributed by atoms with E-state index in [2.05, 4.69) is 15.6 Å². The molecule has 1 aromatic rings. The van der Waals surface area contributed by atoms with E-state index < -0.39 is 0 Å². The number of guanidine groups is 1. The zero-order valence-corrected chi connectivity index (χ0v) is 20.4. The SMILES string of the molecule is CCOCCCNC(=NCC(=O)N(C)C)NCC(C)Oc1cccc(OC)c1.I. The second-order valence-electron chi connectivity index (χ2n) is 6.42. The van der Waals surface area contributed by atoms with Crippen molar-refractivity contribution in [2.45, 2.75) is 26.4 Å². The van der Waals surface area contributed by atoms with Crippen LogP contribution >= 0.6 is 24.0 Å². The quantitative estimate of drug-likeness (QED) is 0.190. The predicted octanol–water partition coefficient (Wildman–Crippen LogP) is 2.13. The van der Waals surface area contributed by atoms with Gasteiger partial charge in [-0.05, 0) is 32.4 Å². The summed E-state index contributed by atoms with van der Waals surface area (Å²) < 4.78 is 16.5. The Bertz CT molecular complexity index is 614. The Morgan fingerprint density at radius 1 is 1.24 bits per heavy atom. The highest BCUT2D eigenvalue weighted by molar-refractivity contribution is 14.0. The van der Waals surface area contributed by atoms with Gasteiger partial charge in [0, 0.05) is 39.9 Å². The summed E-state index contributed by atoms with van der Waals surface area (Å²) in [5.74, 6) is 2.00. The van der Waals surface area contributed by atoms with Gasteiger partial charge in [-0.25, -0.2) is 4.99 Å². The fourth-order valence-corrected chi connectivity index (χ4v) is 2.18. The summed E-state index contributed by atoms with van der Waals surface area (Å²) in [6.07, 6.45) is 0.749. The Labute approximate surface area is 191 Å².